The number of hydrogen-bond acceptors (Lipinski definition) is 4. The molecule has 2 aromatic carbocycles. The van der Waals surface area contributed by atoms with Crippen molar-refractivity contribution in [3.8, 4) is 11.1 Å². The maximum Gasteiger partial charge on any atom is 0.411 e. The van der Waals surface area contributed by atoms with Gasteiger partial charge in [-0.3, -0.25) is 15.0 Å². The molecule has 1 fully saturated rings. The summed E-state index contributed by atoms with van der Waals surface area (Å²) in [6.07, 6.45) is 0.575. The van der Waals surface area contributed by atoms with Crippen molar-refractivity contribution in [2.75, 3.05) is 18.4 Å². The van der Waals surface area contributed by atoms with E-state index in [2.05, 4.69) is 5.32 Å². The first-order valence-electron chi connectivity index (χ1n) is 9.13. The number of para-hydroxylation sites is 1. The third-order valence-electron chi connectivity index (χ3n) is 4.90. The summed E-state index contributed by atoms with van der Waals surface area (Å²) in [5.74, 6) is -0.829. The minimum absolute atomic E-state index is 0.203. The predicted molar refractivity (Wildman–Crippen MR) is 104 cm³/mol. The zero-order valence-corrected chi connectivity index (χ0v) is 15.3. The van der Waals surface area contributed by atoms with Crippen LogP contribution in [-0.2, 0) is 9.53 Å². The number of aliphatic carboxylic acids is 1. The van der Waals surface area contributed by atoms with Crippen molar-refractivity contribution in [3.05, 3.63) is 54.6 Å². The highest BCUT2D eigenvalue weighted by Crippen LogP contribution is 2.28. The fourth-order valence-electron chi connectivity index (χ4n) is 3.29. The zero-order chi connectivity index (χ0) is 19.2. The first-order valence-corrected chi connectivity index (χ1v) is 9.13. The molecule has 3 rings (SSSR count). The molecule has 0 saturated carbocycles. The van der Waals surface area contributed by atoms with Gasteiger partial charge >= 0.3 is 12.1 Å². The number of nitrogens with one attached hydrogen (secondary N) is 1. The Labute approximate surface area is 158 Å². The predicted octanol–water partition coefficient (Wildman–Crippen LogP) is 3.84. The largest absolute Gasteiger partial charge is 0.480 e. The summed E-state index contributed by atoms with van der Waals surface area (Å²) in [5, 5.41) is 11.9. The lowest BCUT2D eigenvalue weighted by molar-refractivity contribution is -0.143. The summed E-state index contributed by atoms with van der Waals surface area (Å²) in [7, 11) is 0. The molecule has 0 bridgehead atoms. The molecule has 1 atom stereocenters. The van der Waals surface area contributed by atoms with E-state index in [-0.39, 0.29) is 6.10 Å². The Kier molecular flexibility index (Phi) is 6.08. The van der Waals surface area contributed by atoms with Crippen LogP contribution in [0.2, 0.25) is 0 Å². The molecule has 1 saturated heterocycles. The van der Waals surface area contributed by atoms with Gasteiger partial charge in [0, 0.05) is 18.7 Å². The first kappa shape index (κ1) is 18.9. The Morgan fingerprint density at radius 3 is 2.37 bits per heavy atom. The number of benzene rings is 2. The molecule has 2 N–H and O–H groups in total. The second-order valence-electron chi connectivity index (χ2n) is 6.69. The van der Waals surface area contributed by atoms with E-state index in [1.165, 1.54) is 0 Å². The van der Waals surface area contributed by atoms with E-state index in [4.69, 9.17) is 9.84 Å². The lowest BCUT2D eigenvalue weighted by atomic mass is 10.0. The van der Waals surface area contributed by atoms with Crippen LogP contribution in [0.3, 0.4) is 0 Å². The van der Waals surface area contributed by atoms with Crippen molar-refractivity contribution in [2.45, 2.75) is 31.9 Å². The number of piperidine rings is 1. The van der Waals surface area contributed by atoms with Crippen molar-refractivity contribution >= 4 is 17.7 Å². The number of hydrogen-bond donors (Lipinski definition) is 2. The molecular weight excluding hydrogens is 344 g/mol. The highest BCUT2D eigenvalue weighted by atomic mass is 16.6. The molecule has 0 spiro atoms. The fourth-order valence-corrected chi connectivity index (χ4v) is 3.29. The Morgan fingerprint density at radius 2 is 1.70 bits per heavy atom. The Hall–Kier alpha value is -2.86. The van der Waals surface area contributed by atoms with Crippen LogP contribution < -0.4 is 5.32 Å². The van der Waals surface area contributed by atoms with Crippen LogP contribution in [0, 0.1) is 0 Å². The number of nitrogens with zero attached hydrogens (tertiary/aromatic N) is 1. The van der Waals surface area contributed by atoms with Crippen LogP contribution in [0.4, 0.5) is 10.5 Å². The second-order valence-corrected chi connectivity index (χ2v) is 6.69. The van der Waals surface area contributed by atoms with Gasteiger partial charge in [0.2, 0.25) is 0 Å². The number of carboxylic acids is 1. The number of likely N-dealkylation sites (tertiary alicyclic amines) is 1. The second kappa shape index (κ2) is 8.68. The summed E-state index contributed by atoms with van der Waals surface area (Å²) in [6, 6.07) is 16.9. The van der Waals surface area contributed by atoms with Crippen LogP contribution in [-0.4, -0.2) is 47.3 Å². The molecule has 142 valence electrons. The molecule has 6 heteroatoms. The number of ether oxygens (including phenoxy) is 1. The highest BCUT2D eigenvalue weighted by molar-refractivity contribution is 5.91. The molecular formula is C21H24N2O4. The lowest BCUT2D eigenvalue weighted by Gasteiger charge is -2.33. The van der Waals surface area contributed by atoms with E-state index < -0.39 is 18.1 Å². The third-order valence-corrected chi connectivity index (χ3v) is 4.90. The minimum Gasteiger partial charge on any atom is -0.480 e. The number of carboxylic acid groups (broad SMARTS) is 1. The number of amides is 1. The fraction of sp³-hybridized carbons (Fsp3) is 0.333. The zero-order valence-electron chi connectivity index (χ0n) is 15.3. The van der Waals surface area contributed by atoms with Gasteiger partial charge in [-0.2, -0.15) is 0 Å². The Balaban J connectivity index is 1.58. The van der Waals surface area contributed by atoms with Crippen LogP contribution in [0.25, 0.3) is 11.1 Å². The molecule has 27 heavy (non-hydrogen) atoms. The first-order chi connectivity index (χ1) is 13.0. The van der Waals surface area contributed by atoms with Gasteiger partial charge in [0.25, 0.3) is 0 Å². The van der Waals surface area contributed by atoms with Gasteiger partial charge in [-0.1, -0.05) is 48.5 Å². The summed E-state index contributed by atoms with van der Waals surface area (Å²) in [6.45, 7) is 2.88. The van der Waals surface area contributed by atoms with Crippen molar-refractivity contribution < 1.29 is 19.4 Å². The van der Waals surface area contributed by atoms with Crippen LogP contribution >= 0.6 is 0 Å². The number of carbonyl (C=O) groups excluding carboxylic acids is 1. The summed E-state index contributed by atoms with van der Waals surface area (Å²) >= 11 is 0. The summed E-state index contributed by atoms with van der Waals surface area (Å²) in [4.78, 5) is 25.3. The van der Waals surface area contributed by atoms with Crippen LogP contribution in [0.1, 0.15) is 19.8 Å². The summed E-state index contributed by atoms with van der Waals surface area (Å²) in [5.41, 5.74) is 2.65. The lowest BCUT2D eigenvalue weighted by Crippen LogP contribution is -2.46. The number of rotatable bonds is 5. The molecule has 0 radical (unpaired) electrons. The smallest absolute Gasteiger partial charge is 0.411 e. The molecule has 0 aliphatic carbocycles. The molecule has 1 aliphatic rings. The number of anilines is 1. The maximum atomic E-state index is 12.3. The Morgan fingerprint density at radius 1 is 1.07 bits per heavy atom. The van der Waals surface area contributed by atoms with Gasteiger partial charge in [0.15, 0.2) is 0 Å². The van der Waals surface area contributed by atoms with E-state index in [1.54, 1.807) is 6.92 Å². The van der Waals surface area contributed by atoms with Crippen LogP contribution in [0.5, 0.6) is 0 Å². The van der Waals surface area contributed by atoms with E-state index >= 15 is 0 Å². The molecule has 0 aromatic heterocycles. The average molecular weight is 368 g/mol. The van der Waals surface area contributed by atoms with Crippen LogP contribution in [0.15, 0.2) is 54.6 Å². The number of carbonyl (C=O) groups is 2. The molecule has 1 aliphatic heterocycles. The topological polar surface area (TPSA) is 78.9 Å². The van der Waals surface area contributed by atoms with Gasteiger partial charge in [0.05, 0.1) is 5.69 Å². The monoisotopic (exact) mass is 368 g/mol. The average Bonchev–Trinajstić information content (AvgIpc) is 2.69. The maximum absolute atomic E-state index is 12.3. The van der Waals surface area contributed by atoms with Crippen molar-refractivity contribution in [3.63, 3.8) is 0 Å². The van der Waals surface area contributed by atoms with Gasteiger partial charge in [-0.05, 0) is 31.4 Å². The van der Waals surface area contributed by atoms with Gasteiger partial charge < -0.3 is 9.84 Å². The molecule has 1 unspecified atom stereocenters. The van der Waals surface area contributed by atoms with Gasteiger partial charge in [-0.25, -0.2) is 4.79 Å². The third kappa shape index (κ3) is 4.86. The van der Waals surface area contributed by atoms with Crippen molar-refractivity contribution in [1.29, 1.82) is 0 Å². The molecule has 6 nitrogen and oxygen atoms in total. The van der Waals surface area contributed by atoms with E-state index in [9.17, 15) is 9.59 Å². The molecule has 1 heterocycles. The molecule has 1 amide bonds. The van der Waals surface area contributed by atoms with Gasteiger partial charge in [-0.15, -0.1) is 0 Å². The standard InChI is InChI=1S/C21H24N2O4/c1-15(20(24)25)23-13-11-17(12-14-23)27-21(26)22-19-10-6-5-9-18(19)16-7-3-2-4-8-16/h2-10,15,17H,11-14H2,1H3,(H,22,26)(H,24,25). The quantitative estimate of drug-likeness (QED) is 0.838. The Bertz CT molecular complexity index is 786. The normalized spacial score (nSPS) is 16.5. The minimum atomic E-state index is -0.829. The highest BCUT2D eigenvalue weighted by Gasteiger charge is 2.28. The SMILES string of the molecule is CC(C(=O)O)N1CCC(OC(=O)Nc2ccccc2-c2ccccc2)CC1. The van der Waals surface area contributed by atoms with Crippen molar-refractivity contribution in [2.24, 2.45) is 0 Å². The summed E-state index contributed by atoms with van der Waals surface area (Å²) < 4.78 is 5.55. The van der Waals surface area contributed by atoms with Crippen molar-refractivity contribution in [1.82, 2.24) is 4.90 Å². The van der Waals surface area contributed by atoms with E-state index in [0.29, 0.717) is 31.6 Å². The van der Waals surface area contributed by atoms with Gasteiger partial charge in [0.1, 0.15) is 12.1 Å². The molecule has 2 aromatic rings. The van der Waals surface area contributed by atoms with E-state index in [1.807, 2.05) is 59.5 Å². The van der Waals surface area contributed by atoms with E-state index in [0.717, 1.165) is 11.1 Å².